The van der Waals surface area contributed by atoms with Crippen LogP contribution >= 0.6 is 12.6 Å². The van der Waals surface area contributed by atoms with Gasteiger partial charge >= 0.3 is 0 Å². The number of thiol groups is 1. The van der Waals surface area contributed by atoms with Crippen LogP contribution in [0.4, 0.5) is 0 Å². The van der Waals surface area contributed by atoms with Gasteiger partial charge in [0.25, 0.3) is 0 Å². The predicted molar refractivity (Wildman–Crippen MR) is 46.5 cm³/mol. The first-order valence-corrected chi connectivity index (χ1v) is 4.79. The highest BCUT2D eigenvalue weighted by atomic mass is 32.1. The van der Waals surface area contributed by atoms with Gasteiger partial charge in [-0.2, -0.15) is 12.6 Å². The highest BCUT2D eigenvalue weighted by molar-refractivity contribution is 7.80. The van der Waals surface area contributed by atoms with E-state index in [2.05, 4.69) is 17.9 Å². The molecule has 10 heavy (non-hydrogen) atoms. The third kappa shape index (κ3) is 1.19. The van der Waals surface area contributed by atoms with Crippen LogP contribution in [0.1, 0.15) is 25.7 Å². The Kier molecular flexibility index (Phi) is 1.92. The van der Waals surface area contributed by atoms with Crippen LogP contribution in [-0.4, -0.2) is 17.8 Å². The zero-order chi connectivity index (χ0) is 6.97. The molecule has 58 valence electrons. The van der Waals surface area contributed by atoms with Gasteiger partial charge in [0.05, 0.1) is 0 Å². The molecular weight excluding hydrogens is 142 g/mol. The van der Waals surface area contributed by atoms with E-state index in [4.69, 9.17) is 0 Å². The SMILES string of the molecule is SC1CC[C@@H]2NCC[C@@H]2C1. The van der Waals surface area contributed by atoms with Gasteiger partial charge in [-0.05, 0) is 38.1 Å². The summed E-state index contributed by atoms with van der Waals surface area (Å²) in [6.07, 6.45) is 5.42. The second kappa shape index (κ2) is 2.74. The van der Waals surface area contributed by atoms with Crippen LogP contribution in [0.3, 0.4) is 0 Å². The summed E-state index contributed by atoms with van der Waals surface area (Å²) in [6, 6.07) is 0.850. The first-order chi connectivity index (χ1) is 4.86. The summed E-state index contributed by atoms with van der Waals surface area (Å²) in [6.45, 7) is 1.25. The molecule has 1 saturated carbocycles. The van der Waals surface area contributed by atoms with E-state index in [-0.39, 0.29) is 0 Å². The van der Waals surface area contributed by atoms with Crippen molar-refractivity contribution in [3.63, 3.8) is 0 Å². The molecule has 1 aliphatic carbocycles. The highest BCUT2D eigenvalue weighted by Gasteiger charge is 2.31. The normalized spacial score (nSPS) is 47.1. The Balaban J connectivity index is 1.96. The third-order valence-electron chi connectivity index (χ3n) is 2.88. The minimum absolute atomic E-state index is 0.696. The predicted octanol–water partition coefficient (Wildman–Crippen LogP) is 1.45. The maximum atomic E-state index is 4.52. The number of hydrogen-bond donors (Lipinski definition) is 2. The van der Waals surface area contributed by atoms with Gasteiger partial charge < -0.3 is 5.32 Å². The molecule has 1 heterocycles. The van der Waals surface area contributed by atoms with Crippen LogP contribution in [0, 0.1) is 5.92 Å². The first-order valence-electron chi connectivity index (χ1n) is 4.28. The average molecular weight is 157 g/mol. The van der Waals surface area contributed by atoms with Crippen LogP contribution in [0.25, 0.3) is 0 Å². The number of nitrogens with one attached hydrogen (secondary N) is 1. The van der Waals surface area contributed by atoms with Crippen molar-refractivity contribution < 1.29 is 0 Å². The summed E-state index contributed by atoms with van der Waals surface area (Å²) < 4.78 is 0. The molecule has 1 saturated heterocycles. The third-order valence-corrected chi connectivity index (χ3v) is 3.35. The Bertz CT molecular complexity index is 126. The van der Waals surface area contributed by atoms with E-state index < -0.39 is 0 Å². The smallest absolute Gasteiger partial charge is 0.00965 e. The van der Waals surface area contributed by atoms with Crippen molar-refractivity contribution in [3.8, 4) is 0 Å². The highest BCUT2D eigenvalue weighted by Crippen LogP contribution is 2.32. The van der Waals surface area contributed by atoms with Crippen LogP contribution in [0.2, 0.25) is 0 Å². The maximum absolute atomic E-state index is 4.52. The van der Waals surface area contributed by atoms with Gasteiger partial charge in [0.2, 0.25) is 0 Å². The summed E-state index contributed by atoms with van der Waals surface area (Å²) in [7, 11) is 0. The minimum Gasteiger partial charge on any atom is -0.314 e. The van der Waals surface area contributed by atoms with E-state index in [1.165, 1.54) is 32.2 Å². The molecule has 2 rings (SSSR count). The molecule has 1 unspecified atom stereocenters. The lowest BCUT2D eigenvalue weighted by Crippen LogP contribution is -2.32. The standard InChI is InChI=1S/C8H15NS/c10-7-1-2-8-6(5-7)3-4-9-8/h6-10H,1-5H2/t6-,7?,8+/m1/s1. The quantitative estimate of drug-likeness (QED) is 0.507. The van der Waals surface area contributed by atoms with Crippen LogP contribution in [0.5, 0.6) is 0 Å². The van der Waals surface area contributed by atoms with Crippen molar-refractivity contribution in [1.82, 2.24) is 5.32 Å². The van der Waals surface area contributed by atoms with E-state index in [1.54, 1.807) is 0 Å². The van der Waals surface area contributed by atoms with Gasteiger partial charge in [0, 0.05) is 11.3 Å². The van der Waals surface area contributed by atoms with Gasteiger partial charge in [0.15, 0.2) is 0 Å². The van der Waals surface area contributed by atoms with Crippen molar-refractivity contribution in [2.75, 3.05) is 6.54 Å². The molecule has 1 nitrogen and oxygen atoms in total. The largest absolute Gasteiger partial charge is 0.314 e. The Hall–Kier alpha value is 0.310. The molecule has 0 amide bonds. The Labute approximate surface area is 68.0 Å². The molecule has 0 radical (unpaired) electrons. The van der Waals surface area contributed by atoms with Crippen molar-refractivity contribution >= 4 is 12.6 Å². The van der Waals surface area contributed by atoms with E-state index in [0.29, 0.717) is 5.25 Å². The molecule has 0 aromatic heterocycles. The molecule has 2 heteroatoms. The van der Waals surface area contributed by atoms with E-state index in [9.17, 15) is 0 Å². The fourth-order valence-electron chi connectivity index (χ4n) is 2.28. The first kappa shape index (κ1) is 6.99. The molecule has 1 aliphatic heterocycles. The number of rotatable bonds is 0. The van der Waals surface area contributed by atoms with Gasteiger partial charge in [-0.3, -0.25) is 0 Å². The summed E-state index contributed by atoms with van der Waals surface area (Å²) in [5.41, 5.74) is 0. The Morgan fingerprint density at radius 1 is 1.20 bits per heavy atom. The van der Waals surface area contributed by atoms with Gasteiger partial charge in [-0.25, -0.2) is 0 Å². The zero-order valence-electron chi connectivity index (χ0n) is 6.21. The maximum Gasteiger partial charge on any atom is 0.00965 e. The topological polar surface area (TPSA) is 12.0 Å². The van der Waals surface area contributed by atoms with Crippen LogP contribution in [0.15, 0.2) is 0 Å². The van der Waals surface area contributed by atoms with Crippen molar-refractivity contribution in [2.24, 2.45) is 5.92 Å². The van der Waals surface area contributed by atoms with E-state index in [1.807, 2.05) is 0 Å². The number of fused-ring (bicyclic) bond motifs is 1. The molecule has 3 atom stereocenters. The lowest BCUT2D eigenvalue weighted by Gasteiger charge is -2.28. The van der Waals surface area contributed by atoms with Crippen LogP contribution < -0.4 is 5.32 Å². The van der Waals surface area contributed by atoms with Gasteiger partial charge in [-0.1, -0.05) is 0 Å². The van der Waals surface area contributed by atoms with Crippen molar-refractivity contribution in [1.29, 1.82) is 0 Å². The molecule has 2 fully saturated rings. The fourth-order valence-corrected chi connectivity index (χ4v) is 2.70. The number of hydrogen-bond acceptors (Lipinski definition) is 2. The summed E-state index contributed by atoms with van der Waals surface area (Å²) in [5, 5.41) is 4.24. The lowest BCUT2D eigenvalue weighted by atomic mass is 9.85. The summed E-state index contributed by atoms with van der Waals surface area (Å²) in [4.78, 5) is 0. The van der Waals surface area contributed by atoms with E-state index >= 15 is 0 Å². The zero-order valence-corrected chi connectivity index (χ0v) is 7.11. The molecule has 0 aromatic carbocycles. The average Bonchev–Trinajstić information content (AvgIpc) is 2.33. The Morgan fingerprint density at radius 3 is 3.00 bits per heavy atom. The molecule has 2 aliphatic rings. The molecular formula is C8H15NS. The summed E-state index contributed by atoms with van der Waals surface area (Å²) in [5.74, 6) is 0.955. The van der Waals surface area contributed by atoms with Crippen LogP contribution in [-0.2, 0) is 0 Å². The second-order valence-corrected chi connectivity index (χ2v) is 4.31. The second-order valence-electron chi connectivity index (χ2n) is 3.58. The van der Waals surface area contributed by atoms with Crippen molar-refractivity contribution in [3.05, 3.63) is 0 Å². The fraction of sp³-hybridized carbons (Fsp3) is 1.00. The molecule has 0 aromatic rings. The molecule has 0 spiro atoms. The van der Waals surface area contributed by atoms with Crippen molar-refractivity contribution in [2.45, 2.75) is 37.0 Å². The monoisotopic (exact) mass is 157 g/mol. The summed E-state index contributed by atoms with van der Waals surface area (Å²) >= 11 is 4.52. The minimum atomic E-state index is 0.696. The van der Waals surface area contributed by atoms with Gasteiger partial charge in [0.1, 0.15) is 0 Å². The lowest BCUT2D eigenvalue weighted by molar-refractivity contribution is 0.334. The van der Waals surface area contributed by atoms with E-state index in [0.717, 1.165) is 12.0 Å². The molecule has 1 N–H and O–H groups in total. The Morgan fingerprint density at radius 2 is 2.10 bits per heavy atom. The van der Waals surface area contributed by atoms with Gasteiger partial charge in [-0.15, -0.1) is 0 Å². The molecule has 0 bridgehead atoms.